The van der Waals surface area contributed by atoms with Crippen molar-refractivity contribution in [3.63, 3.8) is 0 Å². The Kier molecular flexibility index (Phi) is 3.11. The fraction of sp³-hybridized carbons (Fsp3) is 0.500. The summed E-state index contributed by atoms with van der Waals surface area (Å²) < 4.78 is 14.5. The van der Waals surface area contributed by atoms with Crippen LogP contribution in [-0.2, 0) is 0 Å². The highest BCUT2D eigenvalue weighted by Gasteiger charge is 2.31. The van der Waals surface area contributed by atoms with Gasteiger partial charge in [-0.15, -0.1) is 0 Å². The summed E-state index contributed by atoms with van der Waals surface area (Å²) in [6.45, 7) is 2.12. The lowest BCUT2D eigenvalue weighted by molar-refractivity contribution is 0.294. The van der Waals surface area contributed by atoms with Crippen LogP contribution in [0.1, 0.15) is 19.8 Å². The first-order chi connectivity index (χ1) is 8.00. The van der Waals surface area contributed by atoms with Gasteiger partial charge in [-0.05, 0) is 38.9 Å². The number of hydrogen-bond acceptors (Lipinski definition) is 3. The Morgan fingerprint density at radius 2 is 2.12 bits per heavy atom. The van der Waals surface area contributed by atoms with Gasteiger partial charge in [0.25, 0.3) is 0 Å². The van der Waals surface area contributed by atoms with Gasteiger partial charge in [0.15, 0.2) is 0 Å². The monoisotopic (exact) mass is 236 g/mol. The van der Waals surface area contributed by atoms with Gasteiger partial charge in [-0.1, -0.05) is 0 Å². The number of likely N-dealkylation sites (tertiary alicyclic amines) is 1. The molecule has 1 aromatic heterocycles. The molecule has 2 heterocycles. The zero-order valence-corrected chi connectivity index (χ0v) is 10.1. The van der Waals surface area contributed by atoms with E-state index >= 15 is 0 Å². The molecule has 0 radical (unpaired) electrons. The number of nitrogens with one attached hydrogen (secondary N) is 2. The number of rotatable bonds is 1. The Hall–Kier alpha value is -1.49. The van der Waals surface area contributed by atoms with Crippen LogP contribution >= 0.6 is 0 Å². The van der Waals surface area contributed by atoms with Gasteiger partial charge in [0, 0.05) is 12.2 Å². The van der Waals surface area contributed by atoms with E-state index in [-0.39, 0.29) is 17.4 Å². The molecule has 0 spiro atoms. The van der Waals surface area contributed by atoms with Crippen molar-refractivity contribution in [1.29, 1.82) is 10.8 Å². The van der Waals surface area contributed by atoms with Crippen LogP contribution in [0, 0.1) is 16.6 Å². The molecule has 0 aliphatic carbocycles. The molecule has 0 bridgehead atoms. The van der Waals surface area contributed by atoms with Crippen LogP contribution in [0.5, 0.6) is 0 Å². The lowest BCUT2D eigenvalue weighted by Gasteiger charge is -2.24. The normalized spacial score (nSPS) is 25.1. The van der Waals surface area contributed by atoms with E-state index in [1.165, 1.54) is 22.9 Å². The molecule has 1 aliphatic rings. The standard InChI is InChI=1S/C12H17FN4/c1-8-3-5-10(16(8)2)12(15)17-7-9(13)4-6-11(17)14/h4,6-8,10,14-15H,3,5H2,1-2H3/t8-,10-/m0/s1. The minimum absolute atomic E-state index is 0.0269. The molecule has 0 amide bonds. The Labute approximate surface area is 99.7 Å². The van der Waals surface area contributed by atoms with Crippen LogP contribution in [-0.4, -0.2) is 34.4 Å². The zero-order chi connectivity index (χ0) is 12.6. The van der Waals surface area contributed by atoms with Crippen LogP contribution in [0.3, 0.4) is 0 Å². The largest absolute Gasteiger partial charge is 0.294 e. The molecule has 1 saturated heterocycles. The van der Waals surface area contributed by atoms with Crippen LogP contribution in [0.4, 0.5) is 4.39 Å². The molecule has 2 N–H and O–H groups in total. The first-order valence-corrected chi connectivity index (χ1v) is 5.74. The molecule has 92 valence electrons. The Balaban J connectivity index is 2.32. The molecule has 17 heavy (non-hydrogen) atoms. The summed E-state index contributed by atoms with van der Waals surface area (Å²) in [7, 11) is 1.97. The van der Waals surface area contributed by atoms with E-state index in [2.05, 4.69) is 11.8 Å². The van der Waals surface area contributed by atoms with Gasteiger partial charge in [0.1, 0.15) is 17.1 Å². The van der Waals surface area contributed by atoms with Gasteiger partial charge < -0.3 is 0 Å². The molecular formula is C12H17FN4. The molecular weight excluding hydrogens is 219 g/mol. The lowest BCUT2D eigenvalue weighted by Crippen LogP contribution is -2.42. The highest BCUT2D eigenvalue weighted by atomic mass is 19.1. The predicted molar refractivity (Wildman–Crippen MR) is 63.6 cm³/mol. The van der Waals surface area contributed by atoms with Crippen LogP contribution in [0.2, 0.25) is 0 Å². The molecule has 2 rings (SSSR count). The minimum Gasteiger partial charge on any atom is -0.294 e. The van der Waals surface area contributed by atoms with Crippen molar-refractivity contribution >= 4 is 5.84 Å². The Morgan fingerprint density at radius 3 is 2.71 bits per heavy atom. The van der Waals surface area contributed by atoms with Crippen molar-refractivity contribution in [2.75, 3.05) is 7.05 Å². The smallest absolute Gasteiger partial charge is 0.140 e. The van der Waals surface area contributed by atoms with Crippen LogP contribution in [0.25, 0.3) is 0 Å². The van der Waals surface area contributed by atoms with Crippen molar-refractivity contribution in [2.24, 2.45) is 0 Å². The topological polar surface area (TPSA) is 55.9 Å². The lowest BCUT2D eigenvalue weighted by atomic mass is 10.2. The third-order valence-electron chi connectivity index (χ3n) is 3.53. The van der Waals surface area contributed by atoms with Crippen molar-refractivity contribution in [3.05, 3.63) is 29.6 Å². The van der Waals surface area contributed by atoms with E-state index in [1.54, 1.807) is 0 Å². The predicted octanol–water partition coefficient (Wildman–Crippen LogP) is 1.41. The van der Waals surface area contributed by atoms with Crippen molar-refractivity contribution in [2.45, 2.75) is 31.8 Å². The minimum atomic E-state index is -0.417. The van der Waals surface area contributed by atoms with Gasteiger partial charge in [0.2, 0.25) is 0 Å². The van der Waals surface area contributed by atoms with Crippen molar-refractivity contribution < 1.29 is 4.39 Å². The number of halogens is 1. The number of nitrogens with zero attached hydrogens (tertiary/aromatic N) is 2. The van der Waals surface area contributed by atoms with Gasteiger partial charge >= 0.3 is 0 Å². The number of pyridine rings is 1. The molecule has 0 aromatic carbocycles. The maximum absolute atomic E-state index is 13.2. The average molecular weight is 236 g/mol. The zero-order valence-electron chi connectivity index (χ0n) is 10.1. The fourth-order valence-electron chi connectivity index (χ4n) is 2.28. The third kappa shape index (κ3) is 2.15. The fourth-order valence-corrected chi connectivity index (χ4v) is 2.28. The third-order valence-corrected chi connectivity index (χ3v) is 3.53. The highest BCUT2D eigenvalue weighted by Crippen LogP contribution is 2.22. The number of likely N-dealkylation sites (N-methyl/N-ethyl adjacent to an activating group) is 1. The summed E-state index contributed by atoms with van der Waals surface area (Å²) in [6, 6.07) is 3.03. The van der Waals surface area contributed by atoms with Gasteiger partial charge in [0.05, 0.1) is 6.04 Å². The second-order valence-electron chi connectivity index (χ2n) is 4.60. The van der Waals surface area contributed by atoms with Crippen molar-refractivity contribution in [3.8, 4) is 0 Å². The average Bonchev–Trinajstić information content (AvgIpc) is 2.62. The summed E-state index contributed by atoms with van der Waals surface area (Å²) in [5.74, 6) is -0.138. The summed E-state index contributed by atoms with van der Waals surface area (Å²) in [5.41, 5.74) is 0.143. The van der Waals surface area contributed by atoms with E-state index in [9.17, 15) is 4.39 Å². The number of aromatic nitrogens is 1. The first-order valence-electron chi connectivity index (χ1n) is 5.74. The van der Waals surface area contributed by atoms with E-state index in [0.717, 1.165) is 12.8 Å². The van der Waals surface area contributed by atoms with Gasteiger partial charge in [-0.25, -0.2) is 4.39 Å². The summed E-state index contributed by atoms with van der Waals surface area (Å²) in [6.07, 6.45) is 3.13. The molecule has 5 heteroatoms. The van der Waals surface area contributed by atoms with Crippen LogP contribution in [0.15, 0.2) is 18.3 Å². The van der Waals surface area contributed by atoms with E-state index in [4.69, 9.17) is 10.8 Å². The highest BCUT2D eigenvalue weighted by molar-refractivity contribution is 5.86. The van der Waals surface area contributed by atoms with E-state index in [0.29, 0.717) is 6.04 Å². The molecule has 1 aliphatic heterocycles. The summed E-state index contributed by atoms with van der Waals surface area (Å²) in [5, 5.41) is 15.8. The molecule has 0 saturated carbocycles. The second kappa shape index (κ2) is 4.41. The number of hydrogen-bond donors (Lipinski definition) is 2. The molecule has 1 aromatic rings. The van der Waals surface area contributed by atoms with Gasteiger partial charge in [-0.2, -0.15) is 0 Å². The maximum Gasteiger partial charge on any atom is 0.140 e. The Bertz CT molecular complexity index is 494. The second-order valence-corrected chi connectivity index (χ2v) is 4.60. The summed E-state index contributed by atoms with van der Waals surface area (Å²) >= 11 is 0. The quantitative estimate of drug-likeness (QED) is 0.562. The maximum atomic E-state index is 13.2. The van der Waals surface area contributed by atoms with E-state index < -0.39 is 5.82 Å². The Morgan fingerprint density at radius 1 is 1.41 bits per heavy atom. The molecule has 0 unspecified atom stereocenters. The summed E-state index contributed by atoms with van der Waals surface area (Å²) in [4.78, 5) is 2.11. The van der Waals surface area contributed by atoms with Crippen molar-refractivity contribution in [1.82, 2.24) is 9.47 Å². The molecule has 4 nitrogen and oxygen atoms in total. The van der Waals surface area contributed by atoms with Gasteiger partial charge in [-0.3, -0.25) is 20.3 Å². The molecule has 1 fully saturated rings. The SMILES string of the molecule is C[C@H]1CC[C@@H](C(=N)n2cc(F)ccc2=N)N1C. The molecule has 2 atom stereocenters. The van der Waals surface area contributed by atoms with E-state index in [1.807, 2.05) is 7.05 Å². The first kappa shape index (κ1) is 12.0. The van der Waals surface area contributed by atoms with Crippen LogP contribution < -0.4 is 5.49 Å².